The predicted molar refractivity (Wildman–Crippen MR) is 171 cm³/mol. The van der Waals surface area contributed by atoms with Gasteiger partial charge in [-0.3, -0.25) is 0 Å². The molecular formula is C37H42ClN. The van der Waals surface area contributed by atoms with Crippen LogP contribution in [-0.2, 0) is 25.7 Å². The van der Waals surface area contributed by atoms with Gasteiger partial charge in [-0.05, 0) is 111 Å². The fourth-order valence-corrected chi connectivity index (χ4v) is 5.53. The van der Waals surface area contributed by atoms with Gasteiger partial charge in [-0.25, -0.2) is 0 Å². The molecule has 5 rings (SSSR count). The Morgan fingerprint density at radius 1 is 0.692 bits per heavy atom. The molecule has 0 unspecified atom stereocenters. The lowest BCUT2D eigenvalue weighted by Gasteiger charge is -2.12. The van der Waals surface area contributed by atoms with E-state index in [9.17, 15) is 0 Å². The van der Waals surface area contributed by atoms with Gasteiger partial charge in [0.15, 0.2) is 0 Å². The Hall–Kier alpha value is -3.29. The minimum atomic E-state index is 0.762. The van der Waals surface area contributed by atoms with Gasteiger partial charge in [0.2, 0.25) is 0 Å². The summed E-state index contributed by atoms with van der Waals surface area (Å²) in [5.74, 6) is 0.762. The van der Waals surface area contributed by atoms with E-state index in [0.29, 0.717) is 0 Å². The average molecular weight is 536 g/mol. The van der Waals surface area contributed by atoms with Gasteiger partial charge in [0.05, 0.1) is 5.52 Å². The van der Waals surface area contributed by atoms with E-state index >= 15 is 0 Å². The molecule has 1 nitrogen and oxygen atoms in total. The zero-order valence-electron chi connectivity index (χ0n) is 24.4. The average Bonchev–Trinajstić information content (AvgIpc) is 3.20. The van der Waals surface area contributed by atoms with Crippen molar-refractivity contribution in [1.82, 2.24) is 4.57 Å². The summed E-state index contributed by atoms with van der Waals surface area (Å²) in [6.07, 6.45) is 4.24. The molecule has 0 radical (unpaired) electrons. The van der Waals surface area contributed by atoms with Crippen LogP contribution in [0.2, 0.25) is 5.02 Å². The zero-order valence-corrected chi connectivity index (χ0v) is 25.1. The van der Waals surface area contributed by atoms with E-state index in [-0.39, 0.29) is 0 Å². The quantitative estimate of drug-likeness (QED) is 0.195. The number of fused-ring (bicyclic) bond motifs is 1. The molecule has 1 heterocycles. The highest BCUT2D eigenvalue weighted by atomic mass is 35.5. The molecule has 39 heavy (non-hydrogen) atoms. The molecule has 0 atom stereocenters. The van der Waals surface area contributed by atoms with Crippen molar-refractivity contribution in [3.8, 4) is 5.69 Å². The molecule has 0 aliphatic rings. The molecule has 1 aromatic heterocycles. The molecular weight excluding hydrogens is 494 g/mol. The number of aryl methyl sites for hydroxylation is 5. The number of nitrogens with zero attached hydrogens (tertiary/aromatic N) is 1. The predicted octanol–water partition coefficient (Wildman–Crippen LogP) is 10.4. The SMILES string of the molecule is CCc1c(C)c2cc(C)ccc2n1-c1ccc(CCc2cccc(Cl)c2)cc1.Cc1ccc(CC(C)C)cc1. The number of hydrogen-bond acceptors (Lipinski definition) is 0. The maximum absolute atomic E-state index is 6.10. The first-order valence-corrected chi connectivity index (χ1v) is 14.6. The fraction of sp³-hybridized carbons (Fsp3) is 0.297. The topological polar surface area (TPSA) is 4.93 Å². The second-order valence-corrected chi connectivity index (χ2v) is 11.6. The van der Waals surface area contributed by atoms with Crippen LogP contribution in [0.25, 0.3) is 16.6 Å². The Morgan fingerprint density at radius 3 is 1.97 bits per heavy atom. The molecule has 4 aromatic carbocycles. The monoisotopic (exact) mass is 535 g/mol. The van der Waals surface area contributed by atoms with Crippen LogP contribution in [0.4, 0.5) is 0 Å². The first kappa shape index (κ1) is 28.7. The summed E-state index contributed by atoms with van der Waals surface area (Å²) in [6.45, 7) is 13.3. The van der Waals surface area contributed by atoms with E-state index in [1.54, 1.807) is 0 Å². The molecule has 0 N–H and O–H groups in total. The summed E-state index contributed by atoms with van der Waals surface area (Å²) < 4.78 is 2.42. The summed E-state index contributed by atoms with van der Waals surface area (Å²) in [6, 6.07) is 32.7. The maximum atomic E-state index is 6.10. The number of aromatic nitrogens is 1. The van der Waals surface area contributed by atoms with Gasteiger partial charge >= 0.3 is 0 Å². The summed E-state index contributed by atoms with van der Waals surface area (Å²) in [5, 5.41) is 2.17. The van der Waals surface area contributed by atoms with Gasteiger partial charge in [-0.2, -0.15) is 0 Å². The molecule has 0 bridgehead atoms. The lowest BCUT2D eigenvalue weighted by atomic mass is 10.0. The molecule has 0 amide bonds. The van der Waals surface area contributed by atoms with Crippen molar-refractivity contribution in [2.45, 2.75) is 67.2 Å². The van der Waals surface area contributed by atoms with E-state index in [0.717, 1.165) is 30.2 Å². The van der Waals surface area contributed by atoms with Crippen LogP contribution in [0.5, 0.6) is 0 Å². The van der Waals surface area contributed by atoms with Gasteiger partial charge in [-0.15, -0.1) is 0 Å². The first-order chi connectivity index (χ1) is 18.7. The highest BCUT2D eigenvalue weighted by Gasteiger charge is 2.14. The van der Waals surface area contributed by atoms with Crippen LogP contribution in [0.15, 0.2) is 91.0 Å². The Morgan fingerprint density at radius 2 is 1.33 bits per heavy atom. The molecule has 0 aliphatic carbocycles. The van der Waals surface area contributed by atoms with Crippen LogP contribution in [0, 0.1) is 26.7 Å². The standard InChI is InChI=1S/C26H26ClN.C11H16/c1-4-25-19(3)24-16-18(2)8-15-26(24)28(25)23-13-11-20(12-14-23)9-10-21-6-5-7-22(27)17-21;1-9(2)8-11-6-4-10(3)5-7-11/h5-8,11-17H,4,9-10H2,1-3H3;4-7,9H,8H2,1-3H3. The van der Waals surface area contributed by atoms with Crippen molar-refractivity contribution < 1.29 is 0 Å². The summed E-state index contributed by atoms with van der Waals surface area (Å²) >= 11 is 6.10. The fourth-order valence-electron chi connectivity index (χ4n) is 5.32. The van der Waals surface area contributed by atoms with Gasteiger partial charge in [0.25, 0.3) is 0 Å². The second-order valence-electron chi connectivity index (χ2n) is 11.2. The van der Waals surface area contributed by atoms with Gasteiger partial charge in [-0.1, -0.05) is 98.1 Å². The third-order valence-corrected chi connectivity index (χ3v) is 7.62. The van der Waals surface area contributed by atoms with Gasteiger partial charge in [0.1, 0.15) is 0 Å². The van der Waals surface area contributed by atoms with Gasteiger partial charge < -0.3 is 4.57 Å². The van der Waals surface area contributed by atoms with Crippen molar-refractivity contribution in [3.05, 3.63) is 135 Å². The second kappa shape index (κ2) is 13.2. The van der Waals surface area contributed by atoms with Crippen LogP contribution in [0.3, 0.4) is 0 Å². The molecule has 0 saturated carbocycles. The normalized spacial score (nSPS) is 11.1. The lowest BCUT2D eigenvalue weighted by molar-refractivity contribution is 0.647. The molecule has 5 aromatic rings. The smallest absolute Gasteiger partial charge is 0.0534 e. The number of rotatable bonds is 7. The molecule has 202 valence electrons. The summed E-state index contributed by atoms with van der Waals surface area (Å²) in [7, 11) is 0. The van der Waals surface area contributed by atoms with E-state index in [4.69, 9.17) is 11.6 Å². The van der Waals surface area contributed by atoms with Crippen molar-refractivity contribution in [1.29, 1.82) is 0 Å². The van der Waals surface area contributed by atoms with Crippen LogP contribution < -0.4 is 0 Å². The van der Waals surface area contributed by atoms with Crippen LogP contribution in [0.1, 0.15) is 59.8 Å². The molecule has 0 fully saturated rings. The first-order valence-electron chi connectivity index (χ1n) is 14.2. The van der Waals surface area contributed by atoms with Crippen molar-refractivity contribution in [2.75, 3.05) is 0 Å². The Kier molecular flexibility index (Phi) is 9.70. The number of halogens is 1. The van der Waals surface area contributed by atoms with E-state index in [1.807, 2.05) is 12.1 Å². The van der Waals surface area contributed by atoms with E-state index < -0.39 is 0 Å². The highest BCUT2D eigenvalue weighted by molar-refractivity contribution is 6.30. The Bertz CT molecular complexity index is 1500. The highest BCUT2D eigenvalue weighted by Crippen LogP contribution is 2.30. The number of benzene rings is 4. The zero-order chi connectivity index (χ0) is 27.9. The van der Waals surface area contributed by atoms with Crippen molar-refractivity contribution in [2.24, 2.45) is 5.92 Å². The number of hydrogen-bond donors (Lipinski definition) is 0. The molecule has 2 heteroatoms. The molecule has 0 spiro atoms. The third-order valence-electron chi connectivity index (χ3n) is 7.39. The Balaban J connectivity index is 0.000000270. The van der Waals surface area contributed by atoms with Crippen molar-refractivity contribution >= 4 is 22.5 Å². The lowest BCUT2D eigenvalue weighted by Crippen LogP contribution is -2.00. The summed E-state index contributed by atoms with van der Waals surface area (Å²) in [5.41, 5.74) is 12.1. The van der Waals surface area contributed by atoms with Crippen LogP contribution >= 0.6 is 11.6 Å². The van der Waals surface area contributed by atoms with Crippen LogP contribution in [-0.4, -0.2) is 4.57 Å². The van der Waals surface area contributed by atoms with Gasteiger partial charge in [0, 0.05) is 21.8 Å². The maximum Gasteiger partial charge on any atom is 0.0534 e. The minimum Gasteiger partial charge on any atom is -0.313 e. The molecule has 0 aliphatic heterocycles. The molecule has 0 saturated heterocycles. The largest absolute Gasteiger partial charge is 0.313 e. The third kappa shape index (κ3) is 7.43. The van der Waals surface area contributed by atoms with E-state index in [2.05, 4.69) is 125 Å². The Labute approximate surface area is 240 Å². The van der Waals surface area contributed by atoms with E-state index in [1.165, 1.54) is 62.1 Å². The summed E-state index contributed by atoms with van der Waals surface area (Å²) in [4.78, 5) is 0. The van der Waals surface area contributed by atoms with Crippen molar-refractivity contribution in [3.63, 3.8) is 0 Å². The minimum absolute atomic E-state index is 0.762.